The van der Waals surface area contributed by atoms with E-state index >= 15 is 0 Å². The Bertz CT molecular complexity index is 900. The standard InChI is InChI=1S/C24H34N6O2/c1-29-10-8-20(9-11-29)28-23-13-22(26-17-27-23)24(31)25-14-21(32-2)16-30-12-7-18-5-3-4-6-19(18)15-30/h3-6,13,17,20-21H,7-12,14-16H2,1-2H3,(H,25,31)(H,26,27,28). The number of aromatic nitrogens is 2. The number of nitrogens with one attached hydrogen (secondary N) is 2. The molecule has 1 fully saturated rings. The van der Waals surface area contributed by atoms with Crippen LogP contribution in [0.15, 0.2) is 36.7 Å². The van der Waals surface area contributed by atoms with Crippen molar-refractivity contribution in [1.29, 1.82) is 0 Å². The molecule has 1 aromatic carbocycles. The summed E-state index contributed by atoms with van der Waals surface area (Å²) in [6.45, 7) is 5.27. The van der Waals surface area contributed by atoms with Crippen LogP contribution in [0.1, 0.15) is 34.5 Å². The second-order valence-electron chi connectivity index (χ2n) is 8.83. The number of amides is 1. The van der Waals surface area contributed by atoms with Gasteiger partial charge in [0, 0.05) is 45.4 Å². The minimum Gasteiger partial charge on any atom is -0.378 e. The smallest absolute Gasteiger partial charge is 0.270 e. The lowest BCUT2D eigenvalue weighted by molar-refractivity contribution is 0.0562. The molecule has 8 nitrogen and oxygen atoms in total. The Hall–Kier alpha value is -2.55. The predicted octanol–water partition coefficient (Wildman–Crippen LogP) is 1.79. The van der Waals surface area contributed by atoms with E-state index in [0.29, 0.717) is 24.1 Å². The lowest BCUT2D eigenvalue weighted by Crippen LogP contribution is -2.43. The van der Waals surface area contributed by atoms with Gasteiger partial charge in [-0.05, 0) is 50.5 Å². The van der Waals surface area contributed by atoms with E-state index < -0.39 is 0 Å². The quantitative estimate of drug-likeness (QED) is 0.650. The van der Waals surface area contributed by atoms with Crippen molar-refractivity contribution in [2.75, 3.05) is 52.2 Å². The second-order valence-corrected chi connectivity index (χ2v) is 8.83. The molecule has 1 aromatic heterocycles. The molecule has 2 N–H and O–H groups in total. The molecule has 1 saturated heterocycles. The summed E-state index contributed by atoms with van der Waals surface area (Å²) < 4.78 is 5.65. The zero-order chi connectivity index (χ0) is 22.3. The largest absolute Gasteiger partial charge is 0.378 e. The summed E-state index contributed by atoms with van der Waals surface area (Å²) in [6.07, 6.45) is 4.55. The zero-order valence-electron chi connectivity index (χ0n) is 19.1. The van der Waals surface area contributed by atoms with E-state index in [4.69, 9.17) is 4.74 Å². The Morgan fingerprint density at radius 2 is 1.97 bits per heavy atom. The van der Waals surface area contributed by atoms with E-state index in [0.717, 1.165) is 52.0 Å². The van der Waals surface area contributed by atoms with Gasteiger partial charge in [0.1, 0.15) is 17.8 Å². The van der Waals surface area contributed by atoms with E-state index in [2.05, 4.69) is 61.7 Å². The van der Waals surface area contributed by atoms with Gasteiger partial charge in [0.05, 0.1) is 6.10 Å². The zero-order valence-corrected chi connectivity index (χ0v) is 19.1. The topological polar surface area (TPSA) is 82.6 Å². The molecule has 0 radical (unpaired) electrons. The summed E-state index contributed by atoms with van der Waals surface area (Å²) in [4.78, 5) is 25.9. The molecular formula is C24H34N6O2. The summed E-state index contributed by atoms with van der Waals surface area (Å²) in [6, 6.07) is 10.7. The first-order chi connectivity index (χ1) is 15.6. The highest BCUT2D eigenvalue weighted by Crippen LogP contribution is 2.19. The maximum Gasteiger partial charge on any atom is 0.270 e. The highest BCUT2D eigenvalue weighted by molar-refractivity contribution is 5.92. The van der Waals surface area contributed by atoms with Crippen molar-refractivity contribution in [3.63, 3.8) is 0 Å². The van der Waals surface area contributed by atoms with Crippen LogP contribution < -0.4 is 10.6 Å². The van der Waals surface area contributed by atoms with Crippen molar-refractivity contribution in [3.05, 3.63) is 53.5 Å². The van der Waals surface area contributed by atoms with Crippen LogP contribution in [0.2, 0.25) is 0 Å². The van der Waals surface area contributed by atoms with Crippen molar-refractivity contribution in [3.8, 4) is 0 Å². The number of methoxy groups -OCH3 is 1. The molecule has 32 heavy (non-hydrogen) atoms. The number of benzene rings is 1. The van der Waals surface area contributed by atoms with Gasteiger partial charge in [-0.2, -0.15) is 0 Å². The van der Waals surface area contributed by atoms with Crippen molar-refractivity contribution < 1.29 is 9.53 Å². The average Bonchev–Trinajstić information content (AvgIpc) is 2.83. The van der Waals surface area contributed by atoms with Crippen LogP contribution >= 0.6 is 0 Å². The van der Waals surface area contributed by atoms with Gasteiger partial charge >= 0.3 is 0 Å². The molecule has 1 atom stereocenters. The molecule has 2 aliphatic rings. The van der Waals surface area contributed by atoms with Crippen LogP contribution in [0.4, 0.5) is 5.82 Å². The molecule has 1 unspecified atom stereocenters. The van der Waals surface area contributed by atoms with Crippen molar-refractivity contribution in [1.82, 2.24) is 25.1 Å². The van der Waals surface area contributed by atoms with Gasteiger partial charge in [0.15, 0.2) is 0 Å². The van der Waals surface area contributed by atoms with Gasteiger partial charge in [0.2, 0.25) is 0 Å². The number of nitrogens with zero attached hydrogens (tertiary/aromatic N) is 4. The molecule has 3 heterocycles. The number of hydrogen-bond acceptors (Lipinski definition) is 7. The molecule has 2 aromatic rings. The molecule has 0 spiro atoms. The normalized spacial score (nSPS) is 18.7. The third kappa shape index (κ3) is 6.03. The number of likely N-dealkylation sites (tertiary alicyclic amines) is 1. The highest BCUT2D eigenvalue weighted by atomic mass is 16.5. The SMILES string of the molecule is COC(CNC(=O)c1cc(NC2CCN(C)CC2)ncn1)CN1CCc2ccccc2C1. The molecule has 1 amide bonds. The number of fused-ring (bicyclic) bond motifs is 1. The Kier molecular flexibility index (Phi) is 7.68. The minimum atomic E-state index is -0.204. The van der Waals surface area contributed by atoms with Crippen LogP contribution in [-0.2, 0) is 17.7 Å². The highest BCUT2D eigenvalue weighted by Gasteiger charge is 2.21. The van der Waals surface area contributed by atoms with E-state index in [1.54, 1.807) is 13.2 Å². The van der Waals surface area contributed by atoms with Gasteiger partial charge in [-0.1, -0.05) is 24.3 Å². The van der Waals surface area contributed by atoms with Gasteiger partial charge in [-0.15, -0.1) is 0 Å². The Morgan fingerprint density at radius 1 is 1.19 bits per heavy atom. The number of hydrogen-bond donors (Lipinski definition) is 2. The molecule has 4 rings (SSSR count). The fourth-order valence-corrected chi connectivity index (χ4v) is 4.44. The first kappa shape index (κ1) is 22.6. The average molecular weight is 439 g/mol. The fourth-order valence-electron chi connectivity index (χ4n) is 4.44. The van der Waals surface area contributed by atoms with Crippen LogP contribution in [-0.4, -0.2) is 84.7 Å². The third-order valence-corrected chi connectivity index (χ3v) is 6.47. The summed E-state index contributed by atoms with van der Waals surface area (Å²) in [5.41, 5.74) is 3.18. The first-order valence-corrected chi connectivity index (χ1v) is 11.5. The molecule has 8 heteroatoms. The molecule has 172 valence electrons. The van der Waals surface area contributed by atoms with Crippen molar-refractivity contribution in [2.24, 2.45) is 0 Å². The lowest BCUT2D eigenvalue weighted by atomic mass is 10.00. The number of anilines is 1. The number of rotatable bonds is 8. The first-order valence-electron chi connectivity index (χ1n) is 11.5. The fraction of sp³-hybridized carbons (Fsp3) is 0.542. The number of carbonyl (C=O) groups is 1. The number of ether oxygens (including phenoxy) is 1. The summed E-state index contributed by atoms with van der Waals surface area (Å²) in [5.74, 6) is 0.500. The number of carbonyl (C=O) groups excluding carboxylic acids is 1. The van der Waals surface area contributed by atoms with Gasteiger partial charge < -0.3 is 20.3 Å². The van der Waals surface area contributed by atoms with Gasteiger partial charge in [0.25, 0.3) is 5.91 Å². The maximum atomic E-state index is 12.7. The maximum absolute atomic E-state index is 12.7. The molecule has 2 aliphatic heterocycles. The van der Waals surface area contributed by atoms with Crippen molar-refractivity contribution in [2.45, 2.75) is 38.0 Å². The third-order valence-electron chi connectivity index (χ3n) is 6.47. The minimum absolute atomic E-state index is 0.0807. The molecule has 0 aliphatic carbocycles. The number of piperidine rings is 1. The van der Waals surface area contributed by atoms with Gasteiger partial charge in [-0.25, -0.2) is 9.97 Å². The molecule has 0 bridgehead atoms. The molecular weight excluding hydrogens is 404 g/mol. The van der Waals surface area contributed by atoms with Crippen LogP contribution in [0, 0.1) is 0 Å². The summed E-state index contributed by atoms with van der Waals surface area (Å²) in [7, 11) is 3.84. The van der Waals surface area contributed by atoms with E-state index in [1.165, 1.54) is 17.5 Å². The van der Waals surface area contributed by atoms with Crippen LogP contribution in [0.5, 0.6) is 0 Å². The van der Waals surface area contributed by atoms with E-state index in [1.807, 2.05) is 0 Å². The summed E-state index contributed by atoms with van der Waals surface area (Å²) in [5, 5.41) is 6.43. The second kappa shape index (κ2) is 10.8. The Balaban J connectivity index is 1.27. The Labute approximate surface area is 190 Å². The van der Waals surface area contributed by atoms with Crippen LogP contribution in [0.3, 0.4) is 0 Å². The van der Waals surface area contributed by atoms with E-state index in [9.17, 15) is 4.79 Å². The monoisotopic (exact) mass is 438 g/mol. The van der Waals surface area contributed by atoms with E-state index in [-0.39, 0.29) is 12.0 Å². The van der Waals surface area contributed by atoms with Gasteiger partial charge in [-0.3, -0.25) is 9.69 Å². The predicted molar refractivity (Wildman–Crippen MR) is 125 cm³/mol. The summed E-state index contributed by atoms with van der Waals surface area (Å²) >= 11 is 0. The molecule has 0 saturated carbocycles. The lowest BCUT2D eigenvalue weighted by Gasteiger charge is -2.31. The van der Waals surface area contributed by atoms with Crippen molar-refractivity contribution >= 4 is 11.7 Å². The Morgan fingerprint density at radius 3 is 2.75 bits per heavy atom. The van der Waals surface area contributed by atoms with Crippen LogP contribution in [0.25, 0.3) is 0 Å².